The minimum Gasteiger partial charge on any atom is -0.395 e. The van der Waals surface area contributed by atoms with Crippen molar-refractivity contribution in [2.75, 3.05) is 13.2 Å². The lowest BCUT2D eigenvalue weighted by Crippen LogP contribution is -2.37. The Hall–Kier alpha value is -1.24. The largest absolute Gasteiger partial charge is 0.395 e. The molecule has 2 rings (SSSR count). The molecule has 0 aromatic heterocycles. The molecule has 5 nitrogen and oxygen atoms in total. The first-order chi connectivity index (χ1) is 8.96. The highest BCUT2D eigenvalue weighted by molar-refractivity contribution is 7.89. The van der Waals surface area contributed by atoms with Gasteiger partial charge in [-0.05, 0) is 31.9 Å². The number of nitrogens with zero attached hydrogens (tertiary/aromatic N) is 1. The van der Waals surface area contributed by atoms with E-state index in [4.69, 9.17) is 0 Å². The molecule has 0 unspecified atom stereocenters. The SMILES string of the molecule is CC(=O)c1ccc(S(=O)(=O)N2CCC[C@@H]2CO)cc1. The van der Waals surface area contributed by atoms with Crippen molar-refractivity contribution < 1.29 is 18.3 Å². The van der Waals surface area contributed by atoms with Crippen molar-refractivity contribution in [3.05, 3.63) is 29.8 Å². The number of carbonyl (C=O) groups is 1. The highest BCUT2D eigenvalue weighted by Gasteiger charge is 2.34. The normalized spacial score (nSPS) is 20.6. The van der Waals surface area contributed by atoms with Gasteiger partial charge in [0.1, 0.15) is 0 Å². The van der Waals surface area contributed by atoms with Gasteiger partial charge < -0.3 is 5.11 Å². The van der Waals surface area contributed by atoms with Crippen LogP contribution in [-0.2, 0) is 10.0 Å². The molecule has 0 radical (unpaired) electrons. The van der Waals surface area contributed by atoms with Crippen LogP contribution in [0.25, 0.3) is 0 Å². The zero-order valence-corrected chi connectivity index (χ0v) is 11.6. The second-order valence-electron chi connectivity index (χ2n) is 4.67. The molecular formula is C13H17NO4S. The third kappa shape index (κ3) is 2.70. The van der Waals surface area contributed by atoms with Crippen LogP contribution in [0.4, 0.5) is 0 Å². The van der Waals surface area contributed by atoms with E-state index in [-0.39, 0.29) is 23.3 Å². The van der Waals surface area contributed by atoms with E-state index in [9.17, 15) is 18.3 Å². The molecule has 0 bridgehead atoms. The molecule has 104 valence electrons. The summed E-state index contributed by atoms with van der Waals surface area (Å²) >= 11 is 0. The summed E-state index contributed by atoms with van der Waals surface area (Å²) in [6.07, 6.45) is 1.44. The highest BCUT2D eigenvalue weighted by Crippen LogP contribution is 2.25. The first-order valence-electron chi connectivity index (χ1n) is 6.20. The first kappa shape index (κ1) is 14.2. The summed E-state index contributed by atoms with van der Waals surface area (Å²) in [6.45, 7) is 1.71. The van der Waals surface area contributed by atoms with Gasteiger partial charge in [0.25, 0.3) is 0 Å². The Kier molecular flexibility index (Phi) is 4.03. The number of hydrogen-bond acceptors (Lipinski definition) is 4. The molecule has 0 amide bonds. The van der Waals surface area contributed by atoms with Gasteiger partial charge in [0, 0.05) is 18.2 Å². The lowest BCUT2D eigenvalue weighted by Gasteiger charge is -2.22. The van der Waals surface area contributed by atoms with Gasteiger partial charge in [-0.2, -0.15) is 4.31 Å². The number of carbonyl (C=O) groups excluding carboxylic acids is 1. The Morgan fingerprint density at radius 2 is 2.00 bits per heavy atom. The smallest absolute Gasteiger partial charge is 0.243 e. The van der Waals surface area contributed by atoms with Crippen LogP contribution in [0.3, 0.4) is 0 Å². The number of sulfonamides is 1. The number of ketones is 1. The van der Waals surface area contributed by atoms with Crippen LogP contribution < -0.4 is 0 Å². The predicted molar refractivity (Wildman–Crippen MR) is 70.4 cm³/mol. The Morgan fingerprint density at radius 3 is 2.53 bits per heavy atom. The van der Waals surface area contributed by atoms with Crippen LogP contribution in [0.2, 0.25) is 0 Å². The summed E-state index contributed by atoms with van der Waals surface area (Å²) in [7, 11) is -3.58. The Labute approximate surface area is 112 Å². The maximum atomic E-state index is 12.4. The molecule has 0 spiro atoms. The number of rotatable bonds is 4. The van der Waals surface area contributed by atoms with Crippen LogP contribution >= 0.6 is 0 Å². The van der Waals surface area contributed by atoms with Gasteiger partial charge in [-0.15, -0.1) is 0 Å². The van der Waals surface area contributed by atoms with Crippen LogP contribution in [0.1, 0.15) is 30.1 Å². The number of benzene rings is 1. The molecule has 1 atom stereocenters. The van der Waals surface area contributed by atoms with E-state index < -0.39 is 10.0 Å². The topological polar surface area (TPSA) is 74.7 Å². The molecular weight excluding hydrogens is 266 g/mol. The minimum absolute atomic E-state index is 0.0987. The number of Topliss-reactive ketones (excluding diaryl/α,β-unsaturated/α-hetero) is 1. The third-order valence-electron chi connectivity index (χ3n) is 3.40. The fraction of sp³-hybridized carbons (Fsp3) is 0.462. The van der Waals surface area contributed by atoms with E-state index in [0.29, 0.717) is 18.5 Å². The average Bonchev–Trinajstić information content (AvgIpc) is 2.87. The predicted octanol–water partition coefficient (Wildman–Crippen LogP) is 1.03. The van der Waals surface area contributed by atoms with Crippen molar-refractivity contribution in [3.8, 4) is 0 Å². The monoisotopic (exact) mass is 283 g/mol. The first-order valence-corrected chi connectivity index (χ1v) is 7.64. The summed E-state index contributed by atoms with van der Waals surface area (Å²) in [5.41, 5.74) is 0.485. The van der Waals surface area contributed by atoms with E-state index in [1.54, 1.807) is 0 Å². The van der Waals surface area contributed by atoms with Crippen molar-refractivity contribution in [1.82, 2.24) is 4.31 Å². The molecule has 1 aliphatic heterocycles. The third-order valence-corrected chi connectivity index (χ3v) is 5.37. The molecule has 1 aliphatic rings. The molecule has 0 saturated carbocycles. The van der Waals surface area contributed by atoms with Crippen LogP contribution in [-0.4, -0.2) is 42.8 Å². The van der Waals surface area contributed by atoms with Gasteiger partial charge in [0.15, 0.2) is 5.78 Å². The van der Waals surface area contributed by atoms with Gasteiger partial charge >= 0.3 is 0 Å². The molecule has 1 saturated heterocycles. The van der Waals surface area contributed by atoms with E-state index in [2.05, 4.69) is 0 Å². The Bertz CT molecular complexity index is 565. The second kappa shape index (κ2) is 5.40. The zero-order valence-electron chi connectivity index (χ0n) is 10.7. The van der Waals surface area contributed by atoms with Crippen molar-refractivity contribution >= 4 is 15.8 Å². The summed E-state index contributed by atoms with van der Waals surface area (Å²) in [5.74, 6) is -0.0987. The lowest BCUT2D eigenvalue weighted by molar-refractivity contribution is 0.101. The van der Waals surface area contributed by atoms with Gasteiger partial charge in [-0.3, -0.25) is 4.79 Å². The van der Waals surface area contributed by atoms with Crippen molar-refractivity contribution in [2.45, 2.75) is 30.7 Å². The van der Waals surface area contributed by atoms with Gasteiger partial charge in [-0.25, -0.2) is 8.42 Å². The van der Waals surface area contributed by atoms with Crippen molar-refractivity contribution in [3.63, 3.8) is 0 Å². The van der Waals surface area contributed by atoms with Crippen molar-refractivity contribution in [2.24, 2.45) is 0 Å². The molecule has 19 heavy (non-hydrogen) atoms. The molecule has 1 aromatic carbocycles. The zero-order chi connectivity index (χ0) is 14.0. The van der Waals surface area contributed by atoms with Crippen LogP contribution in [0.15, 0.2) is 29.2 Å². The standard InChI is InChI=1S/C13H17NO4S/c1-10(16)11-4-6-13(7-5-11)19(17,18)14-8-2-3-12(14)9-15/h4-7,12,15H,2-3,8-9H2,1H3/t12-/m1/s1. The second-order valence-corrected chi connectivity index (χ2v) is 6.57. The van der Waals surface area contributed by atoms with Gasteiger partial charge in [-0.1, -0.05) is 12.1 Å². The number of hydrogen-bond donors (Lipinski definition) is 1. The Morgan fingerprint density at radius 1 is 1.37 bits per heavy atom. The summed E-state index contributed by atoms with van der Waals surface area (Å²) in [6, 6.07) is 5.58. The summed E-state index contributed by atoms with van der Waals surface area (Å²) in [4.78, 5) is 11.3. The molecule has 6 heteroatoms. The lowest BCUT2D eigenvalue weighted by atomic mass is 10.2. The fourth-order valence-corrected chi connectivity index (χ4v) is 3.99. The molecule has 0 aliphatic carbocycles. The van der Waals surface area contributed by atoms with Gasteiger partial charge in [0.2, 0.25) is 10.0 Å². The van der Waals surface area contributed by atoms with Gasteiger partial charge in [0.05, 0.1) is 11.5 Å². The maximum absolute atomic E-state index is 12.4. The minimum atomic E-state index is -3.58. The quantitative estimate of drug-likeness (QED) is 0.838. The summed E-state index contributed by atoms with van der Waals surface area (Å²) < 4.78 is 26.2. The van der Waals surface area contributed by atoms with E-state index in [1.165, 1.54) is 35.5 Å². The summed E-state index contributed by atoms with van der Waals surface area (Å²) in [5, 5.41) is 9.21. The Balaban J connectivity index is 2.31. The molecule has 1 fully saturated rings. The van der Waals surface area contributed by atoms with E-state index >= 15 is 0 Å². The average molecular weight is 283 g/mol. The van der Waals surface area contributed by atoms with E-state index in [1.807, 2.05) is 0 Å². The number of aliphatic hydroxyl groups is 1. The molecule has 1 heterocycles. The molecule has 1 aromatic rings. The maximum Gasteiger partial charge on any atom is 0.243 e. The fourth-order valence-electron chi connectivity index (χ4n) is 2.31. The number of aliphatic hydroxyl groups excluding tert-OH is 1. The van der Waals surface area contributed by atoms with E-state index in [0.717, 1.165) is 6.42 Å². The highest BCUT2D eigenvalue weighted by atomic mass is 32.2. The van der Waals surface area contributed by atoms with Crippen LogP contribution in [0.5, 0.6) is 0 Å². The van der Waals surface area contributed by atoms with Crippen LogP contribution in [0, 0.1) is 0 Å². The molecule has 1 N–H and O–H groups in total. The van der Waals surface area contributed by atoms with Crippen molar-refractivity contribution in [1.29, 1.82) is 0 Å².